The summed E-state index contributed by atoms with van der Waals surface area (Å²) in [6, 6.07) is 0. The molecule has 0 heterocycles. The Morgan fingerprint density at radius 2 is 1.25 bits per heavy atom. The first-order valence-corrected chi connectivity index (χ1v) is 5.14. The van der Waals surface area contributed by atoms with Crippen molar-refractivity contribution in [2.75, 3.05) is 0 Å². The van der Waals surface area contributed by atoms with Gasteiger partial charge >= 0.3 is 0 Å². The van der Waals surface area contributed by atoms with Crippen molar-refractivity contribution in [3.05, 3.63) is 23.0 Å². The summed E-state index contributed by atoms with van der Waals surface area (Å²) in [5, 5.41) is 3.05. The first kappa shape index (κ1) is 11.1. The molecule has 0 aromatic carbocycles. The molecule has 0 rings (SSSR count). The zero-order valence-corrected chi connectivity index (χ0v) is 7.73. The molecule has 4 nitrogen and oxygen atoms in total. The van der Waals surface area contributed by atoms with E-state index in [1.54, 1.807) is 0 Å². The molecule has 66 valence electrons. The summed E-state index contributed by atoms with van der Waals surface area (Å²) in [4.78, 5) is 20.3. The molecule has 0 atom stereocenters. The Kier molecular flexibility index (Phi) is 6.31. The van der Waals surface area contributed by atoms with Gasteiger partial charge in [0.2, 0.25) is 11.8 Å². The third-order valence-corrected chi connectivity index (χ3v) is 2.24. The molecule has 0 aliphatic carbocycles. The molecule has 4 N–H and O–H groups in total. The quantitative estimate of drug-likeness (QED) is 0.385. The van der Waals surface area contributed by atoms with Crippen molar-refractivity contribution < 1.29 is 9.59 Å². The summed E-state index contributed by atoms with van der Waals surface area (Å²) in [7, 11) is 2.53. The highest BCUT2D eigenvalue weighted by atomic mass is 33.1. The molecule has 0 fully saturated rings. The third-order valence-electron chi connectivity index (χ3n) is 0.631. The highest BCUT2D eigenvalue weighted by molar-refractivity contribution is 8.78. The molecule has 0 aliphatic heterocycles. The smallest absolute Gasteiger partial charge is 0.241 e. The van der Waals surface area contributed by atoms with Gasteiger partial charge < -0.3 is 11.5 Å². The second-order valence-electron chi connectivity index (χ2n) is 1.60. The molecule has 0 aliphatic rings. The van der Waals surface area contributed by atoms with Crippen LogP contribution in [-0.4, -0.2) is 11.8 Å². The van der Waals surface area contributed by atoms with Crippen LogP contribution in [-0.2, 0) is 9.59 Å². The predicted molar refractivity (Wildman–Crippen MR) is 51.9 cm³/mol. The Bertz CT molecular complexity index is 202. The minimum atomic E-state index is -0.498. The molecular formula is C6H8N2O2S2. The van der Waals surface area contributed by atoms with Crippen LogP contribution in [0.5, 0.6) is 0 Å². The fourth-order valence-electron chi connectivity index (χ4n) is 0.254. The Hall–Kier alpha value is -0.880. The minimum absolute atomic E-state index is 0.498. The van der Waals surface area contributed by atoms with Gasteiger partial charge in [0.1, 0.15) is 0 Å². The largest absolute Gasteiger partial charge is 0.366 e. The average molecular weight is 204 g/mol. The van der Waals surface area contributed by atoms with E-state index in [1.807, 2.05) is 0 Å². The zero-order chi connectivity index (χ0) is 9.40. The summed E-state index contributed by atoms with van der Waals surface area (Å²) in [5.41, 5.74) is 9.63. The molecule has 0 aromatic rings. The highest BCUT2D eigenvalue weighted by Crippen LogP contribution is 2.22. The molecule has 2 amide bonds. The highest BCUT2D eigenvalue weighted by Gasteiger charge is 1.84. The molecule has 0 spiro atoms. The van der Waals surface area contributed by atoms with Crippen LogP contribution in [0.25, 0.3) is 0 Å². The second kappa shape index (κ2) is 6.81. The van der Waals surface area contributed by atoms with Crippen LogP contribution in [0.1, 0.15) is 0 Å². The fourth-order valence-corrected chi connectivity index (χ4v) is 1.48. The average Bonchev–Trinajstić information content (AvgIpc) is 1.95. The minimum Gasteiger partial charge on any atom is -0.366 e. The number of hydrogen-bond acceptors (Lipinski definition) is 4. The number of carbonyl (C=O) groups excluding carboxylic acids is 2. The van der Waals surface area contributed by atoms with Crippen molar-refractivity contribution in [3.63, 3.8) is 0 Å². The van der Waals surface area contributed by atoms with E-state index in [9.17, 15) is 9.59 Å². The molecule has 0 saturated heterocycles. The lowest BCUT2D eigenvalue weighted by Crippen LogP contribution is -2.04. The maximum absolute atomic E-state index is 10.2. The number of primary amides is 2. The summed E-state index contributed by atoms with van der Waals surface area (Å²) >= 11 is 0. The van der Waals surface area contributed by atoms with Gasteiger partial charge in [0.25, 0.3) is 0 Å². The standard InChI is InChI=1S/C6H8N2O2S2/c7-5(9)1-3-11-12-4-2-6(8)10/h1-4H,(H2,7,9)(H2,8,10). The van der Waals surface area contributed by atoms with E-state index < -0.39 is 11.8 Å². The van der Waals surface area contributed by atoms with E-state index in [4.69, 9.17) is 11.5 Å². The monoisotopic (exact) mass is 204 g/mol. The van der Waals surface area contributed by atoms with Crippen LogP contribution in [0.2, 0.25) is 0 Å². The van der Waals surface area contributed by atoms with Gasteiger partial charge in [-0.05, 0) is 10.8 Å². The van der Waals surface area contributed by atoms with Crippen LogP contribution >= 0.6 is 21.6 Å². The van der Waals surface area contributed by atoms with Crippen LogP contribution in [0.4, 0.5) is 0 Å². The third kappa shape index (κ3) is 9.12. The van der Waals surface area contributed by atoms with Crippen molar-refractivity contribution in [1.82, 2.24) is 0 Å². The Morgan fingerprint density at radius 3 is 1.50 bits per heavy atom. The summed E-state index contributed by atoms with van der Waals surface area (Å²) in [5.74, 6) is -0.996. The Balaban J connectivity index is 3.45. The molecule has 0 radical (unpaired) electrons. The predicted octanol–water partition coefficient (Wildman–Crippen LogP) is 0.366. The van der Waals surface area contributed by atoms with E-state index in [2.05, 4.69) is 0 Å². The zero-order valence-electron chi connectivity index (χ0n) is 6.10. The lowest BCUT2D eigenvalue weighted by molar-refractivity contribution is -0.114. The summed E-state index contributed by atoms with van der Waals surface area (Å²) < 4.78 is 0. The maximum atomic E-state index is 10.2. The second-order valence-corrected chi connectivity index (χ2v) is 3.69. The van der Waals surface area contributed by atoms with Crippen LogP contribution in [0, 0.1) is 0 Å². The van der Waals surface area contributed by atoms with Gasteiger partial charge in [-0.3, -0.25) is 9.59 Å². The number of hydrogen-bond donors (Lipinski definition) is 2. The van der Waals surface area contributed by atoms with E-state index in [0.29, 0.717) is 0 Å². The number of amides is 2. The normalized spacial score (nSPS) is 11.0. The number of nitrogens with two attached hydrogens (primary N) is 2. The van der Waals surface area contributed by atoms with Crippen molar-refractivity contribution in [2.24, 2.45) is 11.5 Å². The SMILES string of the molecule is NC(=O)C=CSSC=CC(N)=O. The topological polar surface area (TPSA) is 86.2 Å². The van der Waals surface area contributed by atoms with Crippen LogP contribution in [0.15, 0.2) is 23.0 Å². The van der Waals surface area contributed by atoms with Gasteiger partial charge in [0, 0.05) is 12.2 Å². The van der Waals surface area contributed by atoms with Gasteiger partial charge in [0.05, 0.1) is 0 Å². The van der Waals surface area contributed by atoms with Crippen molar-refractivity contribution >= 4 is 33.4 Å². The van der Waals surface area contributed by atoms with E-state index in [0.717, 1.165) is 0 Å². The summed E-state index contributed by atoms with van der Waals surface area (Å²) in [6.45, 7) is 0. The molecule has 12 heavy (non-hydrogen) atoms. The van der Waals surface area contributed by atoms with Gasteiger partial charge in [-0.1, -0.05) is 21.6 Å². The van der Waals surface area contributed by atoms with Crippen LogP contribution < -0.4 is 11.5 Å². The molecule has 0 unspecified atom stereocenters. The van der Waals surface area contributed by atoms with Gasteiger partial charge in [0.15, 0.2) is 0 Å². The van der Waals surface area contributed by atoms with Crippen molar-refractivity contribution in [2.45, 2.75) is 0 Å². The van der Waals surface area contributed by atoms with Crippen molar-refractivity contribution in [3.8, 4) is 0 Å². The lowest BCUT2D eigenvalue weighted by atomic mass is 10.6. The Morgan fingerprint density at radius 1 is 0.917 bits per heavy atom. The molecule has 0 bridgehead atoms. The van der Waals surface area contributed by atoms with E-state index in [1.165, 1.54) is 44.6 Å². The summed E-state index contributed by atoms with van der Waals surface area (Å²) in [6.07, 6.45) is 2.46. The molecule has 6 heteroatoms. The molecular weight excluding hydrogens is 196 g/mol. The molecule has 0 saturated carbocycles. The van der Waals surface area contributed by atoms with E-state index >= 15 is 0 Å². The van der Waals surface area contributed by atoms with Gasteiger partial charge in [-0.2, -0.15) is 0 Å². The fraction of sp³-hybridized carbons (Fsp3) is 0. The molecule has 0 aromatic heterocycles. The first-order chi connectivity index (χ1) is 5.63. The van der Waals surface area contributed by atoms with Gasteiger partial charge in [-0.25, -0.2) is 0 Å². The lowest BCUT2D eigenvalue weighted by Gasteiger charge is -1.84. The Labute approximate surface area is 77.8 Å². The first-order valence-electron chi connectivity index (χ1n) is 2.87. The number of rotatable bonds is 5. The van der Waals surface area contributed by atoms with Crippen molar-refractivity contribution in [1.29, 1.82) is 0 Å². The number of carbonyl (C=O) groups is 2. The van der Waals surface area contributed by atoms with E-state index in [-0.39, 0.29) is 0 Å². The van der Waals surface area contributed by atoms with Crippen LogP contribution in [0.3, 0.4) is 0 Å². The maximum Gasteiger partial charge on any atom is 0.241 e. The van der Waals surface area contributed by atoms with Gasteiger partial charge in [-0.15, -0.1) is 0 Å².